The van der Waals surface area contributed by atoms with Crippen molar-refractivity contribution in [3.8, 4) is 0 Å². The minimum atomic E-state index is -0.0544. The van der Waals surface area contributed by atoms with E-state index in [9.17, 15) is 4.79 Å². The molecule has 1 amide bonds. The highest BCUT2D eigenvalue weighted by molar-refractivity contribution is 7.19. The third-order valence-electron chi connectivity index (χ3n) is 6.20. The van der Waals surface area contributed by atoms with Crippen molar-refractivity contribution in [1.82, 2.24) is 24.5 Å². The highest BCUT2D eigenvalue weighted by Crippen LogP contribution is 2.43. The lowest BCUT2D eigenvalue weighted by atomic mass is 9.72. The number of fused-ring (bicyclic) bond motifs is 5. The number of carbonyl (C=O) groups is 1. The van der Waals surface area contributed by atoms with Crippen LogP contribution in [0.5, 0.6) is 0 Å². The first-order valence-electron chi connectivity index (χ1n) is 9.87. The first-order valence-corrected chi connectivity index (χ1v) is 10.7. The molecule has 1 aliphatic carbocycles. The molecule has 0 spiro atoms. The number of amides is 1. The van der Waals surface area contributed by atoms with E-state index in [1.807, 2.05) is 4.90 Å². The monoisotopic (exact) mass is 383 g/mol. The minimum absolute atomic E-state index is 0.0544. The summed E-state index contributed by atoms with van der Waals surface area (Å²) in [6.07, 6.45) is 7.20. The van der Waals surface area contributed by atoms with Crippen LogP contribution in [-0.4, -0.2) is 43.5 Å². The van der Waals surface area contributed by atoms with Gasteiger partial charge in [0.25, 0.3) is 5.91 Å². The SMILES string of the molecule is CC(C)(C)[C@@H]1CCc2c(sc3ncn4nc(C(=O)N5CCCC5)nc4c23)C1. The highest BCUT2D eigenvalue weighted by Gasteiger charge is 2.32. The second-order valence-corrected chi connectivity index (χ2v) is 10.0. The van der Waals surface area contributed by atoms with Crippen molar-refractivity contribution < 1.29 is 4.79 Å². The Kier molecular flexibility index (Phi) is 3.79. The van der Waals surface area contributed by atoms with Crippen LogP contribution in [-0.2, 0) is 12.8 Å². The van der Waals surface area contributed by atoms with Crippen molar-refractivity contribution in [1.29, 1.82) is 0 Å². The fourth-order valence-electron chi connectivity index (χ4n) is 4.47. The smallest absolute Gasteiger partial charge is 0.293 e. The summed E-state index contributed by atoms with van der Waals surface area (Å²) in [5, 5.41) is 5.56. The molecule has 1 saturated heterocycles. The number of likely N-dealkylation sites (tertiary alicyclic amines) is 1. The van der Waals surface area contributed by atoms with E-state index in [1.54, 1.807) is 22.2 Å². The van der Waals surface area contributed by atoms with Gasteiger partial charge < -0.3 is 4.90 Å². The van der Waals surface area contributed by atoms with E-state index in [-0.39, 0.29) is 5.91 Å². The summed E-state index contributed by atoms with van der Waals surface area (Å²) in [6, 6.07) is 0. The molecule has 0 unspecified atom stereocenters. The maximum Gasteiger partial charge on any atom is 0.293 e. The molecule has 3 aromatic rings. The lowest BCUT2D eigenvalue weighted by Gasteiger charge is -2.33. The zero-order valence-corrected chi connectivity index (χ0v) is 17.0. The number of aromatic nitrogens is 4. The number of hydrogen-bond acceptors (Lipinski definition) is 5. The van der Waals surface area contributed by atoms with Crippen molar-refractivity contribution in [3.63, 3.8) is 0 Å². The van der Waals surface area contributed by atoms with Crippen LogP contribution in [0, 0.1) is 11.3 Å². The second-order valence-electron chi connectivity index (χ2n) is 8.94. The molecule has 2 aliphatic rings. The van der Waals surface area contributed by atoms with Gasteiger partial charge in [0, 0.05) is 18.0 Å². The summed E-state index contributed by atoms with van der Waals surface area (Å²) in [4.78, 5) is 26.3. The molecule has 1 aliphatic heterocycles. The third-order valence-corrected chi connectivity index (χ3v) is 7.36. The van der Waals surface area contributed by atoms with Crippen LogP contribution in [0.25, 0.3) is 15.9 Å². The molecule has 1 fully saturated rings. The number of aryl methyl sites for hydroxylation is 1. The van der Waals surface area contributed by atoms with Gasteiger partial charge in [0.15, 0.2) is 5.65 Å². The fraction of sp³-hybridized carbons (Fsp3) is 0.600. The van der Waals surface area contributed by atoms with Crippen LogP contribution >= 0.6 is 11.3 Å². The number of rotatable bonds is 1. The molecule has 0 radical (unpaired) electrons. The predicted octanol–water partition coefficient (Wildman–Crippen LogP) is 3.73. The first-order chi connectivity index (χ1) is 12.9. The zero-order valence-electron chi connectivity index (χ0n) is 16.2. The van der Waals surface area contributed by atoms with Gasteiger partial charge in [-0.25, -0.2) is 14.5 Å². The maximum absolute atomic E-state index is 12.7. The molecule has 0 aromatic carbocycles. The molecule has 0 bridgehead atoms. The molecule has 1 atom stereocenters. The van der Waals surface area contributed by atoms with E-state index in [2.05, 4.69) is 35.8 Å². The van der Waals surface area contributed by atoms with Crippen LogP contribution in [0.3, 0.4) is 0 Å². The van der Waals surface area contributed by atoms with Crippen molar-refractivity contribution in [2.45, 2.75) is 52.9 Å². The third kappa shape index (κ3) is 2.74. The van der Waals surface area contributed by atoms with Crippen LogP contribution in [0.2, 0.25) is 0 Å². The van der Waals surface area contributed by atoms with E-state index in [0.29, 0.717) is 17.2 Å². The Hall–Kier alpha value is -2.02. The van der Waals surface area contributed by atoms with Crippen LogP contribution in [0.4, 0.5) is 0 Å². The molecule has 0 saturated carbocycles. The van der Waals surface area contributed by atoms with Crippen LogP contribution < -0.4 is 0 Å². The van der Waals surface area contributed by atoms with Crippen molar-refractivity contribution in [2.75, 3.05) is 13.1 Å². The number of nitrogens with zero attached hydrogens (tertiary/aromatic N) is 5. The number of carbonyl (C=O) groups excluding carboxylic acids is 1. The Morgan fingerprint density at radius 1 is 1.26 bits per heavy atom. The van der Waals surface area contributed by atoms with E-state index in [1.165, 1.54) is 16.9 Å². The molecule has 5 rings (SSSR count). The van der Waals surface area contributed by atoms with E-state index in [4.69, 9.17) is 0 Å². The minimum Gasteiger partial charge on any atom is -0.336 e. The van der Waals surface area contributed by atoms with Crippen LogP contribution in [0.1, 0.15) is 61.1 Å². The van der Waals surface area contributed by atoms with Gasteiger partial charge in [0.1, 0.15) is 11.2 Å². The van der Waals surface area contributed by atoms with Gasteiger partial charge in [0.05, 0.1) is 5.39 Å². The molecule has 142 valence electrons. The molecule has 27 heavy (non-hydrogen) atoms. The molecule has 0 N–H and O–H groups in total. The fourth-order valence-corrected chi connectivity index (χ4v) is 5.73. The first kappa shape index (κ1) is 17.1. The van der Waals surface area contributed by atoms with Crippen molar-refractivity contribution in [3.05, 3.63) is 22.6 Å². The summed E-state index contributed by atoms with van der Waals surface area (Å²) < 4.78 is 1.69. The number of hydrogen-bond donors (Lipinski definition) is 0. The van der Waals surface area contributed by atoms with Gasteiger partial charge >= 0.3 is 0 Å². The average molecular weight is 384 g/mol. The number of thiophene rings is 1. The average Bonchev–Trinajstić information content (AvgIpc) is 3.35. The van der Waals surface area contributed by atoms with E-state index >= 15 is 0 Å². The summed E-state index contributed by atoms with van der Waals surface area (Å²) in [5.74, 6) is 0.940. The maximum atomic E-state index is 12.7. The summed E-state index contributed by atoms with van der Waals surface area (Å²) in [5.41, 5.74) is 2.48. The molecule has 6 nitrogen and oxygen atoms in total. The second kappa shape index (κ2) is 5.99. The highest BCUT2D eigenvalue weighted by atomic mass is 32.1. The summed E-state index contributed by atoms with van der Waals surface area (Å²) >= 11 is 1.79. The molecular formula is C20H25N5OS. The Bertz CT molecular complexity index is 1040. The predicted molar refractivity (Wildman–Crippen MR) is 106 cm³/mol. The van der Waals surface area contributed by atoms with Crippen LogP contribution in [0.15, 0.2) is 6.33 Å². The van der Waals surface area contributed by atoms with Gasteiger partial charge in [0.2, 0.25) is 5.82 Å². The van der Waals surface area contributed by atoms with Gasteiger partial charge in [-0.15, -0.1) is 16.4 Å². The lowest BCUT2D eigenvalue weighted by molar-refractivity contribution is 0.0781. The van der Waals surface area contributed by atoms with Crippen molar-refractivity contribution in [2.24, 2.45) is 11.3 Å². The topological polar surface area (TPSA) is 63.4 Å². The Morgan fingerprint density at radius 3 is 2.78 bits per heavy atom. The zero-order chi connectivity index (χ0) is 18.8. The van der Waals surface area contributed by atoms with Gasteiger partial charge in [-0.1, -0.05) is 20.8 Å². The molecule has 3 aromatic heterocycles. The van der Waals surface area contributed by atoms with Gasteiger partial charge in [-0.2, -0.15) is 0 Å². The lowest BCUT2D eigenvalue weighted by Crippen LogP contribution is -2.28. The molecule has 4 heterocycles. The Balaban J connectivity index is 1.59. The largest absolute Gasteiger partial charge is 0.336 e. The standard InChI is InChI=1S/C20H25N5OS/c1-20(2,3)12-6-7-13-14(10-12)27-18-15(13)17-22-16(23-25(17)11-21-18)19(26)24-8-4-5-9-24/h11-12H,4-10H2,1-3H3/t12-/m1/s1. The van der Waals surface area contributed by atoms with Gasteiger partial charge in [-0.05, 0) is 49.0 Å². The summed E-state index contributed by atoms with van der Waals surface area (Å²) in [6.45, 7) is 8.62. The quantitative estimate of drug-likeness (QED) is 0.642. The summed E-state index contributed by atoms with van der Waals surface area (Å²) in [7, 11) is 0. The Labute approximate surface area is 162 Å². The van der Waals surface area contributed by atoms with Crippen molar-refractivity contribution >= 4 is 33.1 Å². The van der Waals surface area contributed by atoms with Gasteiger partial charge in [-0.3, -0.25) is 4.79 Å². The van der Waals surface area contributed by atoms with E-state index in [0.717, 1.165) is 54.6 Å². The normalized spacial score (nSPS) is 20.6. The molecule has 7 heteroatoms. The molecular weight excluding hydrogens is 358 g/mol. The van der Waals surface area contributed by atoms with E-state index < -0.39 is 0 Å². The Morgan fingerprint density at radius 2 is 2.04 bits per heavy atom.